The zero-order valence-corrected chi connectivity index (χ0v) is 15.9. The van der Waals surface area contributed by atoms with Gasteiger partial charge in [-0.15, -0.1) is 0 Å². The summed E-state index contributed by atoms with van der Waals surface area (Å²) in [4.78, 5) is 6.67. The Balaban J connectivity index is 1.71. The monoisotopic (exact) mass is 372 g/mol. The van der Waals surface area contributed by atoms with E-state index in [1.165, 1.54) is 0 Å². The topological polar surface area (TPSA) is 62.9 Å². The standard InChI is InChI=1S/C20H25ClN4O/c1-25(2)18(14-7-3-5-9-16(14)21)13-23-20(22)24-17-11-12-26-19-10-6-4-8-15(17)19/h3-10,17-18H,11-13H2,1-2H3,(H3,22,23,24). The van der Waals surface area contributed by atoms with Gasteiger partial charge in [0.1, 0.15) is 5.75 Å². The minimum Gasteiger partial charge on any atom is -0.493 e. The Morgan fingerprint density at radius 1 is 1.27 bits per heavy atom. The van der Waals surface area contributed by atoms with Gasteiger partial charge in [0.2, 0.25) is 0 Å². The summed E-state index contributed by atoms with van der Waals surface area (Å²) in [5.41, 5.74) is 8.34. The van der Waals surface area contributed by atoms with Crippen LogP contribution >= 0.6 is 11.6 Å². The molecule has 1 aliphatic rings. The first-order chi connectivity index (χ1) is 12.6. The predicted octanol–water partition coefficient (Wildman–Crippen LogP) is 3.37. The van der Waals surface area contributed by atoms with Crippen molar-refractivity contribution >= 4 is 17.6 Å². The highest BCUT2D eigenvalue weighted by Gasteiger charge is 2.22. The summed E-state index contributed by atoms with van der Waals surface area (Å²) < 4.78 is 5.69. The second kappa shape index (κ2) is 8.43. The SMILES string of the molecule is CN(C)C(CN=C(N)NC1CCOc2ccccc21)c1ccccc1Cl. The molecule has 5 nitrogen and oxygen atoms in total. The summed E-state index contributed by atoms with van der Waals surface area (Å²) in [5, 5.41) is 4.07. The summed E-state index contributed by atoms with van der Waals surface area (Å²) in [6.07, 6.45) is 0.856. The van der Waals surface area contributed by atoms with E-state index in [1.807, 2.05) is 56.6 Å². The summed E-state index contributed by atoms with van der Waals surface area (Å²) in [6, 6.07) is 16.1. The van der Waals surface area contributed by atoms with Crippen molar-refractivity contribution in [3.63, 3.8) is 0 Å². The highest BCUT2D eigenvalue weighted by atomic mass is 35.5. The Kier molecular flexibility index (Phi) is 6.01. The van der Waals surface area contributed by atoms with Crippen molar-refractivity contribution < 1.29 is 4.74 Å². The number of rotatable bonds is 5. The van der Waals surface area contributed by atoms with Gasteiger partial charge in [0, 0.05) is 17.0 Å². The first-order valence-electron chi connectivity index (χ1n) is 8.75. The number of likely N-dealkylation sites (N-methyl/N-ethyl adjacent to an activating group) is 1. The van der Waals surface area contributed by atoms with Gasteiger partial charge >= 0.3 is 0 Å². The second-order valence-electron chi connectivity index (χ2n) is 6.60. The summed E-state index contributed by atoms with van der Waals surface area (Å²) in [6.45, 7) is 1.20. The lowest BCUT2D eigenvalue weighted by Crippen LogP contribution is -2.38. The number of nitrogens with one attached hydrogen (secondary N) is 1. The van der Waals surface area contributed by atoms with Crippen LogP contribution in [0.15, 0.2) is 53.5 Å². The number of ether oxygens (including phenoxy) is 1. The van der Waals surface area contributed by atoms with Crippen molar-refractivity contribution in [2.45, 2.75) is 18.5 Å². The minimum atomic E-state index is 0.0611. The second-order valence-corrected chi connectivity index (χ2v) is 7.01. The van der Waals surface area contributed by atoms with E-state index in [0.717, 1.165) is 28.3 Å². The maximum absolute atomic E-state index is 6.35. The number of nitrogens with two attached hydrogens (primary N) is 1. The fraction of sp³-hybridized carbons (Fsp3) is 0.350. The van der Waals surface area contributed by atoms with Crippen LogP contribution in [-0.2, 0) is 0 Å². The van der Waals surface area contributed by atoms with Crippen LogP contribution in [0.25, 0.3) is 0 Å². The van der Waals surface area contributed by atoms with E-state index in [9.17, 15) is 0 Å². The number of benzene rings is 2. The molecule has 0 aliphatic carbocycles. The average Bonchev–Trinajstić information content (AvgIpc) is 2.63. The molecule has 0 fully saturated rings. The van der Waals surface area contributed by atoms with Crippen LogP contribution < -0.4 is 15.8 Å². The third kappa shape index (κ3) is 4.29. The van der Waals surface area contributed by atoms with Crippen molar-refractivity contribution in [2.24, 2.45) is 10.7 Å². The molecule has 0 amide bonds. The lowest BCUT2D eigenvalue weighted by atomic mass is 10.0. The highest BCUT2D eigenvalue weighted by Crippen LogP contribution is 2.31. The Labute approximate surface area is 159 Å². The molecule has 2 unspecified atom stereocenters. The molecule has 3 N–H and O–H groups in total. The first kappa shape index (κ1) is 18.5. The Bertz CT molecular complexity index is 778. The summed E-state index contributed by atoms with van der Waals surface area (Å²) in [7, 11) is 4.03. The van der Waals surface area contributed by atoms with Gasteiger partial charge in [0.25, 0.3) is 0 Å². The number of nitrogens with zero attached hydrogens (tertiary/aromatic N) is 2. The van der Waals surface area contributed by atoms with Gasteiger partial charge in [0.05, 0.1) is 25.2 Å². The zero-order valence-electron chi connectivity index (χ0n) is 15.2. The molecule has 0 radical (unpaired) electrons. The number of para-hydroxylation sites is 1. The Morgan fingerprint density at radius 2 is 2.00 bits per heavy atom. The van der Waals surface area contributed by atoms with Gasteiger partial charge in [-0.1, -0.05) is 48.0 Å². The van der Waals surface area contributed by atoms with Crippen LogP contribution in [-0.4, -0.2) is 38.1 Å². The molecule has 2 aromatic rings. The van der Waals surface area contributed by atoms with Crippen LogP contribution in [0.5, 0.6) is 5.75 Å². The number of guanidine groups is 1. The number of hydrogen-bond donors (Lipinski definition) is 2. The van der Waals surface area contributed by atoms with E-state index in [2.05, 4.69) is 21.3 Å². The maximum Gasteiger partial charge on any atom is 0.189 e. The quantitative estimate of drug-likeness (QED) is 0.624. The molecular formula is C20H25ClN4O. The van der Waals surface area contributed by atoms with Gasteiger partial charge in [-0.2, -0.15) is 0 Å². The molecule has 2 aromatic carbocycles. The third-order valence-electron chi connectivity index (χ3n) is 4.60. The molecular weight excluding hydrogens is 348 g/mol. The van der Waals surface area contributed by atoms with E-state index in [0.29, 0.717) is 19.1 Å². The van der Waals surface area contributed by atoms with Crippen LogP contribution in [0.1, 0.15) is 29.6 Å². The van der Waals surface area contributed by atoms with Crippen molar-refractivity contribution in [3.05, 3.63) is 64.7 Å². The Morgan fingerprint density at radius 3 is 2.77 bits per heavy atom. The van der Waals surface area contributed by atoms with Crippen molar-refractivity contribution in [1.29, 1.82) is 0 Å². The molecule has 0 saturated heterocycles. The lowest BCUT2D eigenvalue weighted by Gasteiger charge is -2.27. The van der Waals surface area contributed by atoms with Gasteiger partial charge < -0.3 is 20.7 Å². The van der Waals surface area contributed by atoms with Crippen molar-refractivity contribution in [2.75, 3.05) is 27.2 Å². The fourth-order valence-corrected chi connectivity index (χ4v) is 3.45. The molecule has 138 valence electrons. The van der Waals surface area contributed by atoms with Crippen molar-refractivity contribution in [1.82, 2.24) is 10.2 Å². The van der Waals surface area contributed by atoms with E-state index in [-0.39, 0.29) is 12.1 Å². The number of fused-ring (bicyclic) bond motifs is 1. The molecule has 6 heteroatoms. The molecule has 2 atom stereocenters. The predicted molar refractivity (Wildman–Crippen MR) is 107 cm³/mol. The van der Waals surface area contributed by atoms with E-state index >= 15 is 0 Å². The van der Waals surface area contributed by atoms with Gasteiger partial charge in [0.15, 0.2) is 5.96 Å². The third-order valence-corrected chi connectivity index (χ3v) is 4.95. The largest absolute Gasteiger partial charge is 0.493 e. The van der Waals surface area contributed by atoms with E-state index in [1.54, 1.807) is 0 Å². The van der Waals surface area contributed by atoms with E-state index in [4.69, 9.17) is 22.1 Å². The first-order valence-corrected chi connectivity index (χ1v) is 9.13. The number of aliphatic imine (C=N–C) groups is 1. The molecule has 3 rings (SSSR count). The maximum atomic E-state index is 6.35. The average molecular weight is 373 g/mol. The Hall–Kier alpha value is -2.24. The van der Waals surface area contributed by atoms with Crippen LogP contribution in [0.3, 0.4) is 0 Å². The summed E-state index contributed by atoms with van der Waals surface area (Å²) >= 11 is 6.35. The van der Waals surface area contributed by atoms with Gasteiger partial charge in [-0.3, -0.25) is 4.99 Å². The molecule has 1 aliphatic heterocycles. The molecule has 26 heavy (non-hydrogen) atoms. The van der Waals surface area contributed by atoms with Crippen LogP contribution in [0.2, 0.25) is 5.02 Å². The fourth-order valence-electron chi connectivity index (χ4n) is 3.19. The lowest BCUT2D eigenvalue weighted by molar-refractivity contribution is 0.262. The normalized spacial score (nSPS) is 18.2. The zero-order chi connectivity index (χ0) is 18.5. The minimum absolute atomic E-state index is 0.0611. The smallest absolute Gasteiger partial charge is 0.189 e. The molecule has 0 bridgehead atoms. The van der Waals surface area contributed by atoms with Gasteiger partial charge in [-0.25, -0.2) is 0 Å². The summed E-state index contributed by atoms with van der Waals surface area (Å²) in [5.74, 6) is 1.34. The van der Waals surface area contributed by atoms with Crippen LogP contribution in [0, 0.1) is 0 Å². The van der Waals surface area contributed by atoms with Gasteiger partial charge in [-0.05, 0) is 31.8 Å². The van der Waals surface area contributed by atoms with Crippen molar-refractivity contribution in [3.8, 4) is 5.75 Å². The molecule has 1 heterocycles. The molecule has 0 spiro atoms. The number of hydrogen-bond acceptors (Lipinski definition) is 3. The highest BCUT2D eigenvalue weighted by molar-refractivity contribution is 6.31. The molecule has 0 aromatic heterocycles. The van der Waals surface area contributed by atoms with E-state index < -0.39 is 0 Å². The van der Waals surface area contributed by atoms with Crippen LogP contribution in [0.4, 0.5) is 0 Å². The number of halogens is 1. The molecule has 0 saturated carbocycles.